The number of carboxylic acid groups (broad SMARTS) is 1. The molecule has 1 N–H and O–H groups in total. The van der Waals surface area contributed by atoms with E-state index in [-0.39, 0.29) is 33.3 Å². The SMILES string of the molecule is O=C(O)Cc1ccc(N2C(=O)c3c(Cl)ccc(OCC4CC4)c3C2=O)c(Cl)c1. The minimum Gasteiger partial charge on any atom is -0.492 e. The van der Waals surface area contributed by atoms with E-state index in [1.807, 2.05) is 0 Å². The topological polar surface area (TPSA) is 83.9 Å². The summed E-state index contributed by atoms with van der Waals surface area (Å²) in [5, 5.41) is 9.17. The van der Waals surface area contributed by atoms with Gasteiger partial charge in [-0.05, 0) is 48.6 Å². The first-order chi connectivity index (χ1) is 13.4. The first-order valence-electron chi connectivity index (χ1n) is 8.71. The number of carboxylic acids is 1. The Labute approximate surface area is 170 Å². The number of aliphatic carboxylic acids is 1. The highest BCUT2D eigenvalue weighted by Crippen LogP contribution is 2.41. The summed E-state index contributed by atoms with van der Waals surface area (Å²) in [4.78, 5) is 37.9. The molecule has 2 amide bonds. The second-order valence-corrected chi connectivity index (χ2v) is 7.67. The Bertz CT molecular complexity index is 1020. The van der Waals surface area contributed by atoms with Crippen LogP contribution in [0.4, 0.5) is 5.69 Å². The Morgan fingerprint density at radius 2 is 1.79 bits per heavy atom. The standard InChI is InChI=1S/C20H15Cl2NO5/c21-12-4-6-15(28-9-10-1-2-10)18-17(12)19(26)23(20(18)27)14-5-3-11(7-13(14)22)8-16(24)25/h3-7,10H,1-2,8-9H2,(H,24,25). The number of benzene rings is 2. The van der Waals surface area contributed by atoms with Crippen LogP contribution in [-0.2, 0) is 11.2 Å². The van der Waals surface area contributed by atoms with Crippen LogP contribution in [0.2, 0.25) is 10.0 Å². The molecule has 0 atom stereocenters. The molecule has 0 spiro atoms. The summed E-state index contributed by atoms with van der Waals surface area (Å²) in [6, 6.07) is 7.54. The second kappa shape index (κ2) is 7.11. The molecule has 1 fully saturated rings. The fourth-order valence-corrected chi connectivity index (χ4v) is 3.67. The van der Waals surface area contributed by atoms with Crippen molar-refractivity contribution in [3.8, 4) is 5.75 Å². The van der Waals surface area contributed by atoms with Gasteiger partial charge in [-0.25, -0.2) is 4.90 Å². The number of ether oxygens (including phenoxy) is 1. The first kappa shape index (κ1) is 18.8. The third-order valence-electron chi connectivity index (χ3n) is 4.73. The lowest BCUT2D eigenvalue weighted by Gasteiger charge is -2.16. The van der Waals surface area contributed by atoms with Crippen molar-refractivity contribution < 1.29 is 24.2 Å². The molecule has 4 rings (SSSR count). The summed E-state index contributed by atoms with van der Waals surface area (Å²) < 4.78 is 5.77. The number of halogens is 2. The van der Waals surface area contributed by atoms with Gasteiger partial charge < -0.3 is 9.84 Å². The molecule has 0 bridgehead atoms. The van der Waals surface area contributed by atoms with Gasteiger partial charge in [0.1, 0.15) is 5.75 Å². The smallest absolute Gasteiger partial charge is 0.307 e. The van der Waals surface area contributed by atoms with Crippen molar-refractivity contribution in [3.63, 3.8) is 0 Å². The van der Waals surface area contributed by atoms with E-state index >= 15 is 0 Å². The number of hydrogen-bond donors (Lipinski definition) is 1. The number of fused-ring (bicyclic) bond motifs is 1. The normalized spacial score (nSPS) is 15.7. The molecule has 8 heteroatoms. The molecule has 0 aromatic heterocycles. The summed E-state index contributed by atoms with van der Waals surface area (Å²) in [7, 11) is 0. The van der Waals surface area contributed by atoms with E-state index in [1.165, 1.54) is 24.3 Å². The summed E-state index contributed by atoms with van der Waals surface area (Å²) >= 11 is 12.5. The van der Waals surface area contributed by atoms with Crippen molar-refractivity contribution in [3.05, 3.63) is 57.1 Å². The Hall–Kier alpha value is -2.57. The largest absolute Gasteiger partial charge is 0.492 e. The van der Waals surface area contributed by atoms with Crippen LogP contribution in [0, 0.1) is 5.92 Å². The predicted molar refractivity (Wildman–Crippen MR) is 104 cm³/mol. The van der Waals surface area contributed by atoms with Crippen molar-refractivity contribution in [1.29, 1.82) is 0 Å². The van der Waals surface area contributed by atoms with E-state index in [0.717, 1.165) is 17.7 Å². The number of nitrogens with zero attached hydrogens (tertiary/aromatic N) is 1. The van der Waals surface area contributed by atoms with Crippen molar-refractivity contribution >= 4 is 46.7 Å². The van der Waals surface area contributed by atoms with E-state index in [0.29, 0.717) is 23.8 Å². The van der Waals surface area contributed by atoms with Crippen LogP contribution in [0.3, 0.4) is 0 Å². The van der Waals surface area contributed by atoms with Gasteiger partial charge in [0, 0.05) is 0 Å². The number of carbonyl (C=O) groups excluding carboxylic acids is 2. The molecule has 0 saturated heterocycles. The van der Waals surface area contributed by atoms with E-state index < -0.39 is 17.8 Å². The lowest BCUT2D eigenvalue weighted by molar-refractivity contribution is -0.136. The maximum absolute atomic E-state index is 13.1. The van der Waals surface area contributed by atoms with Crippen molar-refractivity contribution in [1.82, 2.24) is 0 Å². The minimum absolute atomic E-state index is 0.0886. The monoisotopic (exact) mass is 419 g/mol. The van der Waals surface area contributed by atoms with Gasteiger partial charge in [-0.15, -0.1) is 0 Å². The number of amides is 2. The molecular weight excluding hydrogens is 405 g/mol. The molecule has 144 valence electrons. The number of carbonyl (C=O) groups is 3. The molecule has 0 unspecified atom stereocenters. The number of hydrogen-bond acceptors (Lipinski definition) is 4. The molecule has 28 heavy (non-hydrogen) atoms. The highest BCUT2D eigenvalue weighted by atomic mass is 35.5. The quantitative estimate of drug-likeness (QED) is 0.708. The Morgan fingerprint density at radius 1 is 1.07 bits per heavy atom. The van der Waals surface area contributed by atoms with Crippen LogP contribution in [0.1, 0.15) is 39.1 Å². The zero-order valence-corrected chi connectivity index (χ0v) is 16.1. The summed E-state index contributed by atoms with van der Waals surface area (Å²) in [5.74, 6) is -1.36. The van der Waals surface area contributed by atoms with E-state index in [2.05, 4.69) is 0 Å². The predicted octanol–water partition coefficient (Wildman–Crippen LogP) is 4.21. The van der Waals surface area contributed by atoms with Crippen LogP contribution >= 0.6 is 23.2 Å². The lowest BCUT2D eigenvalue weighted by Crippen LogP contribution is -2.29. The van der Waals surface area contributed by atoms with Gasteiger partial charge in [-0.2, -0.15) is 0 Å². The third-order valence-corrected chi connectivity index (χ3v) is 5.35. The van der Waals surface area contributed by atoms with Gasteiger partial charge in [0.2, 0.25) is 0 Å². The first-order valence-corrected chi connectivity index (χ1v) is 9.46. The van der Waals surface area contributed by atoms with Crippen LogP contribution in [0.15, 0.2) is 30.3 Å². The molecule has 0 radical (unpaired) electrons. The van der Waals surface area contributed by atoms with Gasteiger partial charge in [0.25, 0.3) is 11.8 Å². The number of anilines is 1. The maximum Gasteiger partial charge on any atom is 0.307 e. The van der Waals surface area contributed by atoms with E-state index in [1.54, 1.807) is 6.07 Å². The van der Waals surface area contributed by atoms with Crippen molar-refractivity contribution in [2.45, 2.75) is 19.3 Å². The van der Waals surface area contributed by atoms with Gasteiger partial charge in [-0.1, -0.05) is 29.3 Å². The lowest BCUT2D eigenvalue weighted by atomic mass is 10.1. The number of rotatable bonds is 6. The molecular formula is C20H15Cl2NO5. The second-order valence-electron chi connectivity index (χ2n) is 6.85. The summed E-state index contributed by atoms with van der Waals surface area (Å²) in [6.45, 7) is 0.486. The fraction of sp³-hybridized carbons (Fsp3) is 0.250. The molecule has 6 nitrogen and oxygen atoms in total. The molecule has 1 heterocycles. The van der Waals surface area contributed by atoms with Crippen LogP contribution < -0.4 is 9.64 Å². The van der Waals surface area contributed by atoms with E-state index in [9.17, 15) is 14.4 Å². The zero-order chi connectivity index (χ0) is 20.0. The highest BCUT2D eigenvalue weighted by Gasteiger charge is 2.42. The summed E-state index contributed by atoms with van der Waals surface area (Å²) in [6.07, 6.45) is 1.97. The van der Waals surface area contributed by atoms with Gasteiger partial charge >= 0.3 is 5.97 Å². The average Bonchev–Trinajstić information content (AvgIpc) is 3.41. The van der Waals surface area contributed by atoms with Crippen LogP contribution in [0.25, 0.3) is 0 Å². The van der Waals surface area contributed by atoms with Crippen LogP contribution in [0.5, 0.6) is 5.75 Å². The zero-order valence-electron chi connectivity index (χ0n) is 14.6. The Morgan fingerprint density at radius 3 is 2.43 bits per heavy atom. The number of imide groups is 1. The minimum atomic E-state index is -1.01. The third kappa shape index (κ3) is 3.34. The van der Waals surface area contributed by atoms with Gasteiger partial charge in [-0.3, -0.25) is 14.4 Å². The van der Waals surface area contributed by atoms with E-state index in [4.69, 9.17) is 33.0 Å². The van der Waals surface area contributed by atoms with Gasteiger partial charge in [0.15, 0.2) is 0 Å². The average molecular weight is 420 g/mol. The Balaban J connectivity index is 1.71. The molecule has 2 aromatic carbocycles. The summed E-state index contributed by atoms with van der Waals surface area (Å²) in [5.41, 5.74) is 0.852. The fourth-order valence-electron chi connectivity index (χ4n) is 3.14. The molecule has 1 aliphatic carbocycles. The molecule has 1 saturated carbocycles. The molecule has 1 aliphatic heterocycles. The highest BCUT2D eigenvalue weighted by molar-refractivity contribution is 6.44. The van der Waals surface area contributed by atoms with Crippen LogP contribution in [-0.4, -0.2) is 29.5 Å². The molecule has 2 aliphatic rings. The van der Waals surface area contributed by atoms with Gasteiger partial charge in [0.05, 0.1) is 39.9 Å². The van der Waals surface area contributed by atoms with Crippen molar-refractivity contribution in [2.24, 2.45) is 5.92 Å². The Kier molecular flexibility index (Phi) is 4.77. The maximum atomic E-state index is 13.1. The van der Waals surface area contributed by atoms with Crippen molar-refractivity contribution in [2.75, 3.05) is 11.5 Å². The molecule has 2 aromatic rings.